The molecular formula is C8H9ClO2. The summed E-state index contributed by atoms with van der Waals surface area (Å²) in [6.45, 7) is 2.18. The molecule has 0 saturated heterocycles. The van der Waals surface area contributed by atoms with Gasteiger partial charge in [-0.05, 0) is 13.0 Å². The first kappa shape index (κ1) is 8.34. The third-order valence-electron chi connectivity index (χ3n) is 1.34. The zero-order chi connectivity index (χ0) is 8.27. The van der Waals surface area contributed by atoms with Crippen LogP contribution in [0.4, 0.5) is 0 Å². The van der Waals surface area contributed by atoms with Gasteiger partial charge < -0.3 is 4.74 Å². The number of carbonyl (C=O) groups is 1. The van der Waals surface area contributed by atoms with Crippen LogP contribution < -0.4 is 0 Å². The molecule has 0 N–H and O–H groups in total. The van der Waals surface area contributed by atoms with E-state index in [4.69, 9.17) is 16.3 Å². The summed E-state index contributed by atoms with van der Waals surface area (Å²) >= 11 is 5.65. The molecule has 0 fully saturated rings. The van der Waals surface area contributed by atoms with Crippen molar-refractivity contribution in [1.29, 1.82) is 0 Å². The standard InChI is InChI=1S/C8H9ClO2/c1-2-11-8(10)6-3-4-7(9)5-6/h3,5H,2,4H2,1H3. The molecule has 0 aliphatic heterocycles. The maximum atomic E-state index is 11.0. The normalized spacial score (nSPS) is 15.8. The molecule has 0 spiro atoms. The Hall–Kier alpha value is -0.760. The Bertz CT molecular complexity index is 228. The number of hydrogen-bond donors (Lipinski definition) is 0. The number of ether oxygens (including phenoxy) is 1. The number of rotatable bonds is 2. The second-order valence-corrected chi connectivity index (χ2v) is 2.66. The van der Waals surface area contributed by atoms with Crippen LogP contribution in [0.1, 0.15) is 13.3 Å². The topological polar surface area (TPSA) is 26.3 Å². The van der Waals surface area contributed by atoms with E-state index >= 15 is 0 Å². The van der Waals surface area contributed by atoms with Crippen LogP contribution in [0.15, 0.2) is 22.8 Å². The molecule has 0 heterocycles. The van der Waals surface area contributed by atoms with Gasteiger partial charge in [-0.25, -0.2) is 4.79 Å². The molecule has 0 aromatic rings. The summed E-state index contributed by atoms with van der Waals surface area (Å²) in [5.41, 5.74) is 0.567. The van der Waals surface area contributed by atoms with Crippen molar-refractivity contribution < 1.29 is 9.53 Å². The molecule has 0 bridgehead atoms. The van der Waals surface area contributed by atoms with E-state index in [-0.39, 0.29) is 5.97 Å². The highest BCUT2D eigenvalue weighted by Crippen LogP contribution is 2.20. The second-order valence-electron chi connectivity index (χ2n) is 2.18. The van der Waals surface area contributed by atoms with Gasteiger partial charge in [-0.2, -0.15) is 0 Å². The predicted molar refractivity (Wildman–Crippen MR) is 43.3 cm³/mol. The minimum Gasteiger partial charge on any atom is -0.462 e. The van der Waals surface area contributed by atoms with Gasteiger partial charge in [0.2, 0.25) is 0 Å². The lowest BCUT2D eigenvalue weighted by Crippen LogP contribution is -2.04. The molecule has 2 nitrogen and oxygen atoms in total. The Morgan fingerprint density at radius 1 is 1.82 bits per heavy atom. The molecule has 0 unspecified atom stereocenters. The summed E-state index contributed by atoms with van der Waals surface area (Å²) in [7, 11) is 0. The van der Waals surface area contributed by atoms with Crippen molar-refractivity contribution >= 4 is 17.6 Å². The van der Waals surface area contributed by atoms with Crippen LogP contribution in [0, 0.1) is 0 Å². The molecule has 0 amide bonds. The summed E-state index contributed by atoms with van der Waals surface area (Å²) in [5, 5.41) is 0.688. The molecule has 0 atom stereocenters. The average Bonchev–Trinajstić information content (AvgIpc) is 2.36. The van der Waals surface area contributed by atoms with Crippen LogP contribution in [-0.4, -0.2) is 12.6 Å². The van der Waals surface area contributed by atoms with Crippen LogP contribution in [0.3, 0.4) is 0 Å². The van der Waals surface area contributed by atoms with Crippen LogP contribution in [-0.2, 0) is 9.53 Å². The largest absolute Gasteiger partial charge is 0.462 e. The van der Waals surface area contributed by atoms with E-state index in [9.17, 15) is 4.79 Å². The van der Waals surface area contributed by atoms with Crippen LogP contribution in [0.2, 0.25) is 0 Å². The van der Waals surface area contributed by atoms with Crippen LogP contribution >= 0.6 is 11.6 Å². The van der Waals surface area contributed by atoms with Gasteiger partial charge in [0.15, 0.2) is 0 Å². The molecule has 11 heavy (non-hydrogen) atoms. The first-order chi connectivity index (χ1) is 5.24. The summed E-state index contributed by atoms with van der Waals surface area (Å²) in [6.07, 6.45) is 4.05. The molecule has 0 aromatic heterocycles. The fourth-order valence-corrected chi connectivity index (χ4v) is 1.05. The van der Waals surface area contributed by atoms with Gasteiger partial charge in [-0.1, -0.05) is 17.7 Å². The highest BCUT2D eigenvalue weighted by molar-refractivity contribution is 6.30. The fraction of sp³-hybridized carbons (Fsp3) is 0.375. The SMILES string of the molecule is CCOC(=O)C1=CCC(Cl)=C1. The van der Waals surface area contributed by atoms with Gasteiger partial charge >= 0.3 is 5.97 Å². The van der Waals surface area contributed by atoms with E-state index in [1.807, 2.05) is 0 Å². The summed E-state index contributed by atoms with van der Waals surface area (Å²) < 4.78 is 4.76. The lowest BCUT2D eigenvalue weighted by atomic mass is 10.3. The van der Waals surface area contributed by atoms with E-state index < -0.39 is 0 Å². The van der Waals surface area contributed by atoms with Crippen molar-refractivity contribution in [2.24, 2.45) is 0 Å². The first-order valence-electron chi connectivity index (χ1n) is 3.47. The summed E-state index contributed by atoms with van der Waals surface area (Å²) in [6, 6.07) is 0. The maximum Gasteiger partial charge on any atom is 0.337 e. The van der Waals surface area contributed by atoms with Crippen molar-refractivity contribution in [2.45, 2.75) is 13.3 Å². The fourth-order valence-electron chi connectivity index (χ4n) is 0.851. The van der Waals surface area contributed by atoms with Gasteiger partial charge in [0.05, 0.1) is 12.2 Å². The number of halogens is 1. The second kappa shape index (κ2) is 3.58. The van der Waals surface area contributed by atoms with Crippen LogP contribution in [0.5, 0.6) is 0 Å². The van der Waals surface area contributed by atoms with E-state index in [1.54, 1.807) is 19.1 Å². The third kappa shape index (κ3) is 2.09. The van der Waals surface area contributed by atoms with Gasteiger partial charge in [-0.15, -0.1) is 0 Å². The number of esters is 1. The van der Waals surface area contributed by atoms with Crippen molar-refractivity contribution in [2.75, 3.05) is 6.61 Å². The molecule has 60 valence electrons. The van der Waals surface area contributed by atoms with Gasteiger partial charge in [0.1, 0.15) is 0 Å². The molecule has 1 rings (SSSR count). The molecular weight excluding hydrogens is 164 g/mol. The Balaban J connectivity index is 2.56. The van der Waals surface area contributed by atoms with Gasteiger partial charge in [0, 0.05) is 11.5 Å². The smallest absolute Gasteiger partial charge is 0.337 e. The average molecular weight is 173 g/mol. The quantitative estimate of drug-likeness (QED) is 0.596. The lowest BCUT2D eigenvalue weighted by molar-refractivity contribution is -0.138. The van der Waals surface area contributed by atoms with E-state index in [1.165, 1.54) is 0 Å². The lowest BCUT2D eigenvalue weighted by Gasteiger charge is -1.98. The zero-order valence-electron chi connectivity index (χ0n) is 6.26. The molecule has 0 saturated carbocycles. The number of allylic oxidation sites excluding steroid dienone is 2. The Morgan fingerprint density at radius 3 is 3.00 bits per heavy atom. The summed E-state index contributed by atoms with van der Waals surface area (Å²) in [4.78, 5) is 11.0. The van der Waals surface area contributed by atoms with E-state index in [0.717, 1.165) is 0 Å². The highest BCUT2D eigenvalue weighted by atomic mass is 35.5. The van der Waals surface area contributed by atoms with E-state index in [0.29, 0.717) is 23.6 Å². The third-order valence-corrected chi connectivity index (χ3v) is 1.60. The van der Waals surface area contributed by atoms with Crippen LogP contribution in [0.25, 0.3) is 0 Å². The number of hydrogen-bond acceptors (Lipinski definition) is 2. The van der Waals surface area contributed by atoms with Crippen molar-refractivity contribution in [3.05, 3.63) is 22.8 Å². The molecule has 0 radical (unpaired) electrons. The zero-order valence-corrected chi connectivity index (χ0v) is 7.02. The summed E-state index contributed by atoms with van der Waals surface area (Å²) in [5.74, 6) is -0.289. The molecule has 1 aliphatic carbocycles. The first-order valence-corrected chi connectivity index (χ1v) is 3.85. The Morgan fingerprint density at radius 2 is 2.55 bits per heavy atom. The molecule has 0 aromatic carbocycles. The van der Waals surface area contributed by atoms with E-state index in [2.05, 4.69) is 0 Å². The Labute approximate surface area is 70.5 Å². The maximum absolute atomic E-state index is 11.0. The number of carbonyl (C=O) groups excluding carboxylic acids is 1. The Kier molecular flexibility index (Phi) is 2.71. The highest BCUT2D eigenvalue weighted by Gasteiger charge is 2.12. The minimum absolute atomic E-state index is 0.289. The minimum atomic E-state index is -0.289. The predicted octanol–water partition coefficient (Wildman–Crippen LogP) is 2.00. The van der Waals surface area contributed by atoms with Crippen molar-refractivity contribution in [1.82, 2.24) is 0 Å². The van der Waals surface area contributed by atoms with Crippen molar-refractivity contribution in [3.8, 4) is 0 Å². The van der Waals surface area contributed by atoms with Gasteiger partial charge in [0.25, 0.3) is 0 Å². The molecule has 1 aliphatic rings. The van der Waals surface area contributed by atoms with Gasteiger partial charge in [-0.3, -0.25) is 0 Å². The van der Waals surface area contributed by atoms with Crippen molar-refractivity contribution in [3.63, 3.8) is 0 Å². The monoisotopic (exact) mass is 172 g/mol. The molecule has 3 heteroatoms.